The Morgan fingerprint density at radius 1 is 1.41 bits per heavy atom. The second-order valence-electron chi connectivity index (χ2n) is 3.06. The number of ether oxygens (including phenoxy) is 1. The number of halogens is 4. The van der Waals surface area contributed by atoms with E-state index in [1.165, 1.54) is 18.2 Å². The van der Waals surface area contributed by atoms with Crippen LogP contribution in [-0.2, 0) is 0 Å². The Bertz CT molecular complexity index is 422. The average Bonchev–Trinajstić information content (AvgIpc) is 2.14. The number of nitro benzene ring substituents is 1. The van der Waals surface area contributed by atoms with Gasteiger partial charge in [0.05, 0.1) is 18.0 Å². The van der Waals surface area contributed by atoms with Gasteiger partial charge in [0.15, 0.2) is 5.75 Å². The van der Waals surface area contributed by atoms with Crippen LogP contribution < -0.4 is 4.74 Å². The molecule has 1 aromatic carbocycles. The van der Waals surface area contributed by atoms with Crippen molar-refractivity contribution in [2.45, 2.75) is 12.6 Å². The molecule has 0 bridgehead atoms. The highest BCUT2D eigenvalue weighted by molar-refractivity contribution is 6.32. The number of alkyl halides is 3. The van der Waals surface area contributed by atoms with Crippen LogP contribution in [0.25, 0.3) is 0 Å². The van der Waals surface area contributed by atoms with Crippen LogP contribution in [0.1, 0.15) is 6.42 Å². The van der Waals surface area contributed by atoms with Crippen molar-refractivity contribution in [1.82, 2.24) is 0 Å². The molecule has 0 radical (unpaired) electrons. The van der Waals surface area contributed by atoms with Crippen LogP contribution in [-0.4, -0.2) is 17.7 Å². The molecule has 1 aromatic rings. The minimum Gasteiger partial charge on any atom is -0.486 e. The van der Waals surface area contributed by atoms with Crippen LogP contribution >= 0.6 is 11.6 Å². The van der Waals surface area contributed by atoms with Crippen molar-refractivity contribution in [3.8, 4) is 5.75 Å². The van der Waals surface area contributed by atoms with Gasteiger partial charge in [0.25, 0.3) is 0 Å². The second-order valence-corrected chi connectivity index (χ2v) is 3.46. The Hall–Kier alpha value is -1.50. The molecule has 0 unspecified atom stereocenters. The maximum absolute atomic E-state index is 11.9. The van der Waals surface area contributed by atoms with Crippen molar-refractivity contribution in [3.05, 3.63) is 33.3 Å². The van der Waals surface area contributed by atoms with E-state index in [0.717, 1.165) is 0 Å². The first kappa shape index (κ1) is 13.6. The van der Waals surface area contributed by atoms with Gasteiger partial charge in [-0.2, -0.15) is 13.2 Å². The van der Waals surface area contributed by atoms with Crippen molar-refractivity contribution in [2.24, 2.45) is 0 Å². The standard InChI is InChI=1S/C9H7ClF3NO3/c10-6-2-1-3-7(8(6)14(15)16)17-5-4-9(11,12)13/h1-3H,4-5H2. The summed E-state index contributed by atoms with van der Waals surface area (Å²) in [5.74, 6) is -0.272. The lowest BCUT2D eigenvalue weighted by Crippen LogP contribution is -2.13. The number of benzene rings is 1. The van der Waals surface area contributed by atoms with Crippen LogP contribution in [0, 0.1) is 10.1 Å². The van der Waals surface area contributed by atoms with E-state index in [2.05, 4.69) is 0 Å². The van der Waals surface area contributed by atoms with E-state index >= 15 is 0 Å². The van der Waals surface area contributed by atoms with E-state index in [4.69, 9.17) is 16.3 Å². The van der Waals surface area contributed by atoms with Gasteiger partial charge >= 0.3 is 11.9 Å². The maximum Gasteiger partial charge on any atom is 0.392 e. The summed E-state index contributed by atoms with van der Waals surface area (Å²) < 4.78 is 40.3. The van der Waals surface area contributed by atoms with Crippen molar-refractivity contribution in [2.75, 3.05) is 6.61 Å². The fourth-order valence-electron chi connectivity index (χ4n) is 1.07. The molecule has 0 fully saturated rings. The summed E-state index contributed by atoms with van der Waals surface area (Å²) in [6, 6.07) is 3.81. The van der Waals surface area contributed by atoms with Gasteiger partial charge in [0.1, 0.15) is 5.02 Å². The molecule has 0 spiro atoms. The molecule has 8 heteroatoms. The van der Waals surface area contributed by atoms with Crippen molar-refractivity contribution >= 4 is 17.3 Å². The molecular weight excluding hydrogens is 263 g/mol. The van der Waals surface area contributed by atoms with Crippen LogP contribution in [0.4, 0.5) is 18.9 Å². The highest BCUT2D eigenvalue weighted by Crippen LogP contribution is 2.34. The molecule has 0 amide bonds. The summed E-state index contributed by atoms with van der Waals surface area (Å²) in [4.78, 5) is 9.82. The highest BCUT2D eigenvalue weighted by atomic mass is 35.5. The van der Waals surface area contributed by atoms with Gasteiger partial charge in [-0.05, 0) is 12.1 Å². The lowest BCUT2D eigenvalue weighted by atomic mass is 10.3. The van der Waals surface area contributed by atoms with E-state index < -0.39 is 29.8 Å². The van der Waals surface area contributed by atoms with Crippen LogP contribution in [0.2, 0.25) is 5.02 Å². The number of nitrogens with zero attached hydrogens (tertiary/aromatic N) is 1. The summed E-state index contributed by atoms with van der Waals surface area (Å²) in [6.45, 7) is -0.690. The predicted molar refractivity (Wildman–Crippen MR) is 54.3 cm³/mol. The van der Waals surface area contributed by atoms with Crippen molar-refractivity contribution < 1.29 is 22.8 Å². The Morgan fingerprint density at radius 2 is 2.06 bits per heavy atom. The van der Waals surface area contributed by atoms with E-state index in [9.17, 15) is 23.3 Å². The molecule has 0 heterocycles. The van der Waals surface area contributed by atoms with Gasteiger partial charge in [-0.1, -0.05) is 17.7 Å². The number of rotatable bonds is 4. The number of hydrogen-bond donors (Lipinski definition) is 0. The molecule has 0 N–H and O–H groups in total. The predicted octanol–water partition coefficient (Wildman–Crippen LogP) is 3.58. The molecule has 0 saturated heterocycles. The number of para-hydroxylation sites is 1. The van der Waals surface area contributed by atoms with Gasteiger partial charge in [-0.3, -0.25) is 10.1 Å². The monoisotopic (exact) mass is 269 g/mol. The Labute approximate surface area is 99.1 Å². The third-order valence-electron chi connectivity index (χ3n) is 1.78. The summed E-state index contributed by atoms with van der Waals surface area (Å²) in [7, 11) is 0. The lowest BCUT2D eigenvalue weighted by molar-refractivity contribution is -0.385. The molecular formula is C9H7ClF3NO3. The lowest BCUT2D eigenvalue weighted by Gasteiger charge is -2.09. The van der Waals surface area contributed by atoms with E-state index in [1.54, 1.807) is 0 Å². The molecule has 0 aliphatic heterocycles. The highest BCUT2D eigenvalue weighted by Gasteiger charge is 2.28. The first-order valence-electron chi connectivity index (χ1n) is 4.44. The van der Waals surface area contributed by atoms with Gasteiger partial charge in [0, 0.05) is 0 Å². The SMILES string of the molecule is O=[N+]([O-])c1c(Cl)cccc1OCCC(F)(F)F. The molecule has 17 heavy (non-hydrogen) atoms. The van der Waals surface area contributed by atoms with Crippen molar-refractivity contribution in [1.29, 1.82) is 0 Å². The molecule has 0 saturated carbocycles. The maximum atomic E-state index is 11.9. The zero-order chi connectivity index (χ0) is 13.1. The molecule has 1 rings (SSSR count). The normalized spacial score (nSPS) is 11.3. The minimum atomic E-state index is -4.37. The molecule has 0 aliphatic carbocycles. The van der Waals surface area contributed by atoms with Crippen LogP contribution in [0.5, 0.6) is 5.75 Å². The van der Waals surface area contributed by atoms with E-state index in [0.29, 0.717) is 0 Å². The Morgan fingerprint density at radius 3 is 2.59 bits per heavy atom. The zero-order valence-electron chi connectivity index (χ0n) is 8.33. The smallest absolute Gasteiger partial charge is 0.392 e. The van der Waals surface area contributed by atoms with E-state index in [1.807, 2.05) is 0 Å². The Kier molecular flexibility index (Phi) is 4.17. The third kappa shape index (κ3) is 4.10. The first-order valence-corrected chi connectivity index (χ1v) is 4.81. The summed E-state index contributed by atoms with van der Waals surface area (Å²) in [5.41, 5.74) is -0.531. The average molecular weight is 270 g/mol. The zero-order valence-corrected chi connectivity index (χ0v) is 9.09. The molecule has 0 aromatic heterocycles. The van der Waals surface area contributed by atoms with Crippen LogP contribution in [0.15, 0.2) is 18.2 Å². The fourth-order valence-corrected chi connectivity index (χ4v) is 1.30. The quantitative estimate of drug-likeness (QED) is 0.620. The van der Waals surface area contributed by atoms with Crippen molar-refractivity contribution in [3.63, 3.8) is 0 Å². The van der Waals surface area contributed by atoms with Crippen LogP contribution in [0.3, 0.4) is 0 Å². The summed E-state index contributed by atoms with van der Waals surface area (Å²) in [6.07, 6.45) is -5.55. The third-order valence-corrected chi connectivity index (χ3v) is 2.08. The number of hydrogen-bond acceptors (Lipinski definition) is 3. The summed E-state index contributed by atoms with van der Waals surface area (Å²) >= 11 is 5.55. The van der Waals surface area contributed by atoms with Gasteiger partial charge < -0.3 is 4.74 Å². The molecule has 4 nitrogen and oxygen atoms in total. The molecule has 94 valence electrons. The topological polar surface area (TPSA) is 52.4 Å². The largest absolute Gasteiger partial charge is 0.486 e. The fraction of sp³-hybridized carbons (Fsp3) is 0.333. The van der Waals surface area contributed by atoms with Gasteiger partial charge in [0.2, 0.25) is 0 Å². The Balaban J connectivity index is 2.78. The second kappa shape index (κ2) is 5.22. The van der Waals surface area contributed by atoms with E-state index in [-0.39, 0.29) is 10.8 Å². The number of nitro groups is 1. The molecule has 0 atom stereocenters. The minimum absolute atomic E-state index is 0.181. The first-order chi connectivity index (χ1) is 7.81. The summed E-state index contributed by atoms with van der Waals surface area (Å²) in [5, 5.41) is 10.4. The van der Waals surface area contributed by atoms with Gasteiger partial charge in [-0.15, -0.1) is 0 Å². The molecule has 0 aliphatic rings. The van der Waals surface area contributed by atoms with Gasteiger partial charge in [-0.25, -0.2) is 0 Å².